The van der Waals surface area contributed by atoms with E-state index in [1.165, 1.54) is 6.08 Å². The first-order valence-corrected chi connectivity index (χ1v) is 7.74. The van der Waals surface area contributed by atoms with Crippen molar-refractivity contribution in [3.8, 4) is 11.5 Å². The molecule has 0 saturated carbocycles. The Morgan fingerprint density at radius 3 is 2.83 bits per heavy atom. The van der Waals surface area contributed by atoms with E-state index in [1.807, 2.05) is 6.92 Å². The predicted molar refractivity (Wildman–Crippen MR) is 87.8 cm³/mol. The molecule has 2 rings (SSSR count). The summed E-state index contributed by atoms with van der Waals surface area (Å²) in [7, 11) is 0. The lowest BCUT2D eigenvalue weighted by molar-refractivity contribution is -0.126. The molecule has 0 radical (unpaired) electrons. The molecule has 0 aromatic heterocycles. The van der Waals surface area contributed by atoms with E-state index < -0.39 is 6.04 Å². The normalized spacial score (nSPS) is 14.4. The molecule has 0 unspecified atom stereocenters. The second-order valence-corrected chi connectivity index (χ2v) is 5.39. The van der Waals surface area contributed by atoms with E-state index >= 15 is 0 Å². The summed E-state index contributed by atoms with van der Waals surface area (Å²) in [6, 6.07) is 2.83. The molecule has 0 aliphatic carbocycles. The Hall–Kier alpha value is -2.21. The van der Waals surface area contributed by atoms with Gasteiger partial charge in [-0.25, -0.2) is 0 Å². The Morgan fingerprint density at radius 1 is 1.35 bits per heavy atom. The minimum absolute atomic E-state index is 0.225. The highest BCUT2D eigenvalue weighted by Gasteiger charge is 2.16. The Morgan fingerprint density at radius 2 is 2.09 bits per heavy atom. The summed E-state index contributed by atoms with van der Waals surface area (Å²) in [5.74, 6) is 0.482. The molecule has 1 heterocycles. The zero-order chi connectivity index (χ0) is 16.8. The van der Waals surface area contributed by atoms with Crippen LogP contribution in [0, 0.1) is 0 Å². The van der Waals surface area contributed by atoms with Crippen molar-refractivity contribution in [2.75, 3.05) is 19.8 Å². The molecular weight excluding hydrogens is 320 g/mol. The van der Waals surface area contributed by atoms with E-state index in [1.54, 1.807) is 25.1 Å². The van der Waals surface area contributed by atoms with E-state index in [9.17, 15) is 9.59 Å². The topological polar surface area (TPSA) is 76.7 Å². The number of hydrogen-bond acceptors (Lipinski definition) is 4. The van der Waals surface area contributed by atoms with Crippen LogP contribution < -0.4 is 20.1 Å². The summed E-state index contributed by atoms with van der Waals surface area (Å²) in [4.78, 5) is 23.4. The van der Waals surface area contributed by atoms with Crippen LogP contribution in [0.2, 0.25) is 5.02 Å². The summed E-state index contributed by atoms with van der Waals surface area (Å²) in [6.07, 6.45) is 2.95. The summed E-state index contributed by atoms with van der Waals surface area (Å²) in [5, 5.41) is 5.65. The average molecular weight is 339 g/mol. The molecule has 0 saturated heterocycles. The zero-order valence-corrected chi connectivity index (χ0v) is 13.8. The molecule has 124 valence electrons. The van der Waals surface area contributed by atoms with Crippen LogP contribution in [-0.2, 0) is 9.59 Å². The molecule has 1 atom stereocenters. The Bertz CT molecular complexity index is 631. The Kier molecular flexibility index (Phi) is 5.87. The summed E-state index contributed by atoms with van der Waals surface area (Å²) < 4.78 is 10.9. The molecule has 1 aliphatic rings. The summed E-state index contributed by atoms with van der Waals surface area (Å²) in [6.45, 7) is 4.88. The molecule has 2 amide bonds. The van der Waals surface area contributed by atoms with Crippen LogP contribution in [-0.4, -0.2) is 37.6 Å². The first-order chi connectivity index (χ1) is 11.0. The quantitative estimate of drug-likeness (QED) is 0.802. The van der Waals surface area contributed by atoms with Gasteiger partial charge in [-0.1, -0.05) is 11.6 Å². The maximum absolute atomic E-state index is 11.8. The van der Waals surface area contributed by atoms with E-state index in [0.717, 1.165) is 0 Å². The smallest absolute Gasteiger partial charge is 0.244 e. The van der Waals surface area contributed by atoms with E-state index in [4.69, 9.17) is 21.1 Å². The Balaban J connectivity index is 2.01. The van der Waals surface area contributed by atoms with Gasteiger partial charge in [-0.2, -0.15) is 0 Å². The number of amides is 2. The number of halogens is 1. The SMILES string of the molecule is CCNC(=O)[C@H](C)NC(=O)/C=C/c1cc(Cl)c2c(c1)OCCO2. The van der Waals surface area contributed by atoms with Crippen LogP contribution in [0.25, 0.3) is 6.08 Å². The lowest BCUT2D eigenvalue weighted by Gasteiger charge is -2.19. The number of nitrogens with one attached hydrogen (secondary N) is 2. The fourth-order valence-electron chi connectivity index (χ4n) is 2.05. The van der Waals surface area contributed by atoms with Crippen molar-refractivity contribution in [3.05, 3.63) is 28.8 Å². The Labute approximate surface area is 139 Å². The predicted octanol–water partition coefficient (Wildman–Crippen LogP) is 1.77. The standard InChI is InChI=1S/C16H19ClN2O4/c1-3-18-16(21)10(2)19-14(20)5-4-11-8-12(17)15-13(9-11)22-6-7-23-15/h4-5,8-10H,3,6-7H2,1-2H3,(H,18,21)(H,19,20)/b5-4+/t10-/m0/s1. The maximum atomic E-state index is 11.8. The molecule has 0 fully saturated rings. The van der Waals surface area contributed by atoms with Gasteiger partial charge in [0.2, 0.25) is 11.8 Å². The summed E-state index contributed by atoms with van der Waals surface area (Å²) >= 11 is 6.13. The molecule has 6 nitrogen and oxygen atoms in total. The molecule has 1 aliphatic heterocycles. The van der Waals surface area contributed by atoms with Gasteiger partial charge < -0.3 is 20.1 Å². The molecule has 0 bridgehead atoms. The van der Waals surface area contributed by atoms with Crippen LogP contribution in [0.15, 0.2) is 18.2 Å². The second-order valence-electron chi connectivity index (χ2n) is 4.99. The first kappa shape index (κ1) is 17.1. The summed E-state index contributed by atoms with van der Waals surface area (Å²) in [5.41, 5.74) is 0.708. The molecule has 23 heavy (non-hydrogen) atoms. The number of carbonyl (C=O) groups excluding carboxylic acids is 2. The van der Waals surface area contributed by atoms with Gasteiger partial charge in [0.25, 0.3) is 0 Å². The maximum Gasteiger partial charge on any atom is 0.244 e. The van der Waals surface area contributed by atoms with Crippen LogP contribution in [0.4, 0.5) is 0 Å². The average Bonchev–Trinajstić information content (AvgIpc) is 2.53. The van der Waals surface area contributed by atoms with Gasteiger partial charge in [0.05, 0.1) is 5.02 Å². The van der Waals surface area contributed by atoms with Gasteiger partial charge in [-0.15, -0.1) is 0 Å². The van der Waals surface area contributed by atoms with Gasteiger partial charge in [-0.3, -0.25) is 9.59 Å². The fraction of sp³-hybridized carbons (Fsp3) is 0.375. The van der Waals surface area contributed by atoms with E-state index in [0.29, 0.717) is 41.8 Å². The van der Waals surface area contributed by atoms with Gasteiger partial charge in [-0.05, 0) is 37.6 Å². The third kappa shape index (κ3) is 4.63. The van der Waals surface area contributed by atoms with Gasteiger partial charge in [0, 0.05) is 12.6 Å². The van der Waals surface area contributed by atoms with Crippen LogP contribution in [0.3, 0.4) is 0 Å². The highest BCUT2D eigenvalue weighted by Crippen LogP contribution is 2.38. The van der Waals surface area contributed by atoms with E-state index in [2.05, 4.69) is 10.6 Å². The number of fused-ring (bicyclic) bond motifs is 1. The number of hydrogen-bond donors (Lipinski definition) is 2. The third-order valence-corrected chi connectivity index (χ3v) is 3.43. The molecule has 1 aromatic rings. The van der Waals surface area contributed by atoms with Crippen molar-refractivity contribution in [1.29, 1.82) is 0 Å². The van der Waals surface area contributed by atoms with Crippen molar-refractivity contribution in [1.82, 2.24) is 10.6 Å². The number of carbonyl (C=O) groups is 2. The number of benzene rings is 1. The number of likely N-dealkylation sites (N-methyl/N-ethyl adjacent to an activating group) is 1. The highest BCUT2D eigenvalue weighted by atomic mass is 35.5. The lowest BCUT2D eigenvalue weighted by Crippen LogP contribution is -2.44. The van der Waals surface area contributed by atoms with Crippen molar-refractivity contribution in [2.24, 2.45) is 0 Å². The van der Waals surface area contributed by atoms with E-state index in [-0.39, 0.29) is 11.8 Å². The number of ether oxygens (including phenoxy) is 2. The molecule has 7 heteroatoms. The molecule has 2 N–H and O–H groups in total. The minimum Gasteiger partial charge on any atom is -0.486 e. The van der Waals surface area contributed by atoms with Gasteiger partial charge >= 0.3 is 0 Å². The lowest BCUT2D eigenvalue weighted by atomic mass is 10.1. The zero-order valence-electron chi connectivity index (χ0n) is 13.0. The fourth-order valence-corrected chi connectivity index (χ4v) is 2.33. The third-order valence-electron chi connectivity index (χ3n) is 3.15. The molecule has 0 spiro atoms. The van der Waals surface area contributed by atoms with Crippen LogP contribution in [0.1, 0.15) is 19.4 Å². The second kappa shape index (κ2) is 7.87. The van der Waals surface area contributed by atoms with Crippen LogP contribution >= 0.6 is 11.6 Å². The van der Waals surface area contributed by atoms with Gasteiger partial charge in [0.15, 0.2) is 11.5 Å². The monoisotopic (exact) mass is 338 g/mol. The van der Waals surface area contributed by atoms with Crippen molar-refractivity contribution in [2.45, 2.75) is 19.9 Å². The van der Waals surface area contributed by atoms with Crippen molar-refractivity contribution >= 4 is 29.5 Å². The highest BCUT2D eigenvalue weighted by molar-refractivity contribution is 6.32. The molecular formula is C16H19ClN2O4. The van der Waals surface area contributed by atoms with Crippen molar-refractivity contribution in [3.63, 3.8) is 0 Å². The minimum atomic E-state index is -0.601. The first-order valence-electron chi connectivity index (χ1n) is 7.36. The van der Waals surface area contributed by atoms with Gasteiger partial charge in [0.1, 0.15) is 19.3 Å². The molecule has 1 aromatic carbocycles. The number of rotatable bonds is 5. The van der Waals surface area contributed by atoms with Crippen molar-refractivity contribution < 1.29 is 19.1 Å². The largest absolute Gasteiger partial charge is 0.486 e. The van der Waals surface area contributed by atoms with Crippen LogP contribution in [0.5, 0.6) is 11.5 Å².